The second-order valence-corrected chi connectivity index (χ2v) is 6.56. The first kappa shape index (κ1) is 17.3. The number of nitrogens with one attached hydrogen (secondary N) is 1. The molecule has 1 aliphatic rings. The molecule has 1 aromatic heterocycles. The van der Waals surface area contributed by atoms with Crippen LogP contribution in [0.25, 0.3) is 0 Å². The van der Waals surface area contributed by atoms with Gasteiger partial charge < -0.3 is 9.88 Å². The molecule has 0 bridgehead atoms. The maximum Gasteiger partial charge on any atom is 0.279 e. The molecule has 1 aliphatic heterocycles. The number of anilines is 1. The van der Waals surface area contributed by atoms with Gasteiger partial charge in [-0.2, -0.15) is 4.98 Å². The van der Waals surface area contributed by atoms with Crippen LogP contribution in [-0.2, 0) is 11.8 Å². The van der Waals surface area contributed by atoms with E-state index in [-0.39, 0.29) is 29.3 Å². The highest BCUT2D eigenvalue weighted by Gasteiger charge is 2.34. The summed E-state index contributed by atoms with van der Waals surface area (Å²) in [7, 11) is 1.65. The lowest BCUT2D eigenvalue weighted by molar-refractivity contribution is -0.116. The van der Waals surface area contributed by atoms with Crippen LogP contribution in [-0.4, -0.2) is 21.2 Å². The van der Waals surface area contributed by atoms with Crippen molar-refractivity contribution in [1.29, 1.82) is 0 Å². The molecule has 0 spiro atoms. The number of hydrogen-bond acceptors (Lipinski definition) is 4. The Hall–Kier alpha value is -2.48. The van der Waals surface area contributed by atoms with Gasteiger partial charge >= 0.3 is 0 Å². The Morgan fingerprint density at radius 1 is 1.44 bits per heavy atom. The summed E-state index contributed by atoms with van der Waals surface area (Å²) in [5.74, 6) is -2.54. The summed E-state index contributed by atoms with van der Waals surface area (Å²) in [6.07, 6.45) is 1.52. The summed E-state index contributed by atoms with van der Waals surface area (Å²) in [5.41, 5.74) is -0.427. The second kappa shape index (κ2) is 6.79. The molecule has 25 heavy (non-hydrogen) atoms. The van der Waals surface area contributed by atoms with Gasteiger partial charge in [0.2, 0.25) is 5.91 Å². The number of carbonyl (C=O) groups is 1. The first-order valence-electron chi connectivity index (χ1n) is 7.52. The van der Waals surface area contributed by atoms with Crippen LogP contribution in [0.15, 0.2) is 40.8 Å². The minimum absolute atomic E-state index is 0.0264. The molecule has 8 heteroatoms. The van der Waals surface area contributed by atoms with Crippen molar-refractivity contribution in [2.45, 2.75) is 17.5 Å². The predicted molar refractivity (Wildman–Crippen MR) is 91.8 cm³/mol. The van der Waals surface area contributed by atoms with Crippen LogP contribution >= 0.6 is 11.8 Å². The zero-order valence-electron chi connectivity index (χ0n) is 13.4. The highest BCUT2D eigenvalue weighted by molar-refractivity contribution is 7.99. The summed E-state index contributed by atoms with van der Waals surface area (Å²) >= 11 is 1.29. The smallest absolute Gasteiger partial charge is 0.279 e. The van der Waals surface area contributed by atoms with Gasteiger partial charge in [-0.25, -0.2) is 8.78 Å². The topological polar surface area (TPSA) is 64.0 Å². The number of carbonyl (C=O) groups excluding carboxylic acids is 1. The van der Waals surface area contributed by atoms with Crippen molar-refractivity contribution >= 4 is 23.5 Å². The Morgan fingerprint density at radius 2 is 2.20 bits per heavy atom. The molecule has 1 aromatic carbocycles. The Morgan fingerprint density at radius 3 is 2.92 bits per heavy atom. The average molecular weight is 363 g/mol. The molecule has 0 fully saturated rings. The zero-order valence-corrected chi connectivity index (χ0v) is 14.2. The summed E-state index contributed by atoms with van der Waals surface area (Å²) in [6.45, 7) is 3.61. The van der Waals surface area contributed by atoms with E-state index in [0.29, 0.717) is 10.9 Å². The fourth-order valence-electron chi connectivity index (χ4n) is 2.85. The third kappa shape index (κ3) is 3.09. The molecule has 3 rings (SSSR count). The van der Waals surface area contributed by atoms with Gasteiger partial charge in [-0.1, -0.05) is 30.0 Å². The number of fused-ring (bicyclic) bond motifs is 1. The fraction of sp³-hybridized carbons (Fsp3) is 0.235. The third-order valence-electron chi connectivity index (χ3n) is 3.99. The SMILES string of the molecule is C=CCSc1nc(=O)c2c(n1C)NC(=O)CC2c1cccc(F)c1F. The lowest BCUT2D eigenvalue weighted by Gasteiger charge is -2.27. The molecule has 1 amide bonds. The molecule has 0 aliphatic carbocycles. The number of amides is 1. The Labute approximate surface area is 146 Å². The maximum atomic E-state index is 14.2. The normalized spacial score (nSPS) is 16.3. The summed E-state index contributed by atoms with van der Waals surface area (Å²) in [4.78, 5) is 28.7. The standard InChI is InChI=1S/C17H15F2N3O2S/c1-3-7-25-17-21-16(24)13-10(8-12(23)20-15(13)22(17)2)9-5-4-6-11(18)14(9)19/h3-6,10H,1,7-8H2,2H3,(H,20,23). The van der Waals surface area contributed by atoms with Gasteiger partial charge in [0.15, 0.2) is 16.8 Å². The monoisotopic (exact) mass is 363 g/mol. The first-order valence-corrected chi connectivity index (χ1v) is 8.51. The van der Waals surface area contributed by atoms with E-state index in [1.54, 1.807) is 17.7 Å². The van der Waals surface area contributed by atoms with E-state index in [0.717, 1.165) is 6.07 Å². The van der Waals surface area contributed by atoms with Gasteiger partial charge in [0.25, 0.3) is 5.56 Å². The number of benzene rings is 1. The molecule has 1 N–H and O–H groups in total. The van der Waals surface area contributed by atoms with Crippen LogP contribution in [0.4, 0.5) is 14.6 Å². The van der Waals surface area contributed by atoms with Crippen LogP contribution in [0, 0.1) is 11.6 Å². The van der Waals surface area contributed by atoms with Crippen molar-refractivity contribution in [2.24, 2.45) is 7.05 Å². The van der Waals surface area contributed by atoms with E-state index >= 15 is 0 Å². The molecule has 1 unspecified atom stereocenters. The van der Waals surface area contributed by atoms with E-state index in [2.05, 4.69) is 16.9 Å². The van der Waals surface area contributed by atoms with Crippen LogP contribution in [0.2, 0.25) is 0 Å². The molecule has 0 saturated heterocycles. The number of thioether (sulfide) groups is 1. The minimum atomic E-state index is -1.06. The number of hydrogen-bond donors (Lipinski definition) is 1. The molecule has 2 heterocycles. The molecule has 1 atom stereocenters. The second-order valence-electron chi connectivity index (χ2n) is 5.57. The largest absolute Gasteiger partial charge is 0.312 e. The van der Waals surface area contributed by atoms with Gasteiger partial charge in [-0.3, -0.25) is 9.59 Å². The van der Waals surface area contributed by atoms with Gasteiger partial charge in [-0.05, 0) is 11.6 Å². The zero-order chi connectivity index (χ0) is 18.1. The Bertz CT molecular complexity index is 927. The van der Waals surface area contributed by atoms with Crippen molar-refractivity contribution in [1.82, 2.24) is 9.55 Å². The lowest BCUT2D eigenvalue weighted by atomic mass is 9.86. The number of nitrogens with zero attached hydrogens (tertiary/aromatic N) is 2. The Balaban J connectivity index is 2.20. The van der Waals surface area contributed by atoms with Crippen LogP contribution < -0.4 is 10.9 Å². The van der Waals surface area contributed by atoms with Gasteiger partial charge in [0.05, 0.1) is 5.56 Å². The number of halogens is 2. The maximum absolute atomic E-state index is 14.2. The lowest BCUT2D eigenvalue weighted by Crippen LogP contribution is -2.34. The summed E-state index contributed by atoms with van der Waals surface area (Å²) < 4.78 is 29.4. The van der Waals surface area contributed by atoms with E-state index in [4.69, 9.17) is 0 Å². The highest BCUT2D eigenvalue weighted by Crippen LogP contribution is 2.37. The molecule has 130 valence electrons. The van der Waals surface area contributed by atoms with Gasteiger partial charge in [0.1, 0.15) is 5.82 Å². The van der Waals surface area contributed by atoms with Gasteiger partial charge in [-0.15, -0.1) is 6.58 Å². The summed E-state index contributed by atoms with van der Waals surface area (Å²) in [5, 5.41) is 3.06. The molecule has 5 nitrogen and oxygen atoms in total. The predicted octanol–water partition coefficient (Wildman–Crippen LogP) is 2.81. The van der Waals surface area contributed by atoms with Crippen LogP contribution in [0.5, 0.6) is 0 Å². The molecule has 0 radical (unpaired) electrons. The Kier molecular flexibility index (Phi) is 4.71. The fourth-order valence-corrected chi connectivity index (χ4v) is 3.55. The van der Waals surface area contributed by atoms with Crippen molar-refractivity contribution in [3.8, 4) is 0 Å². The number of rotatable bonds is 4. The molecular formula is C17H15F2N3O2S. The molecule has 2 aromatic rings. The van der Waals surface area contributed by atoms with Crippen molar-refractivity contribution in [3.63, 3.8) is 0 Å². The van der Waals surface area contributed by atoms with Crippen LogP contribution in [0.3, 0.4) is 0 Å². The third-order valence-corrected chi connectivity index (χ3v) is 5.01. The van der Waals surface area contributed by atoms with Crippen molar-refractivity contribution in [3.05, 3.63) is 64.0 Å². The van der Waals surface area contributed by atoms with Gasteiger partial charge in [0, 0.05) is 25.1 Å². The summed E-state index contributed by atoms with van der Waals surface area (Å²) in [6, 6.07) is 3.73. The van der Waals surface area contributed by atoms with E-state index in [1.807, 2.05) is 0 Å². The quantitative estimate of drug-likeness (QED) is 0.515. The van der Waals surface area contributed by atoms with E-state index in [1.165, 1.54) is 23.9 Å². The van der Waals surface area contributed by atoms with E-state index < -0.39 is 23.1 Å². The van der Waals surface area contributed by atoms with Crippen LogP contribution in [0.1, 0.15) is 23.5 Å². The van der Waals surface area contributed by atoms with E-state index in [9.17, 15) is 18.4 Å². The first-order chi connectivity index (χ1) is 11.9. The molecular weight excluding hydrogens is 348 g/mol. The minimum Gasteiger partial charge on any atom is -0.312 e. The van der Waals surface area contributed by atoms with Crippen molar-refractivity contribution < 1.29 is 13.6 Å². The highest BCUT2D eigenvalue weighted by atomic mass is 32.2. The van der Waals surface area contributed by atoms with Crippen molar-refractivity contribution in [2.75, 3.05) is 11.1 Å². The average Bonchev–Trinajstić information content (AvgIpc) is 2.58. The molecule has 0 saturated carbocycles. The number of aromatic nitrogens is 2.